The second kappa shape index (κ2) is 5.72. The molecular weight excluding hydrogens is 232 g/mol. The first-order valence-corrected chi connectivity index (χ1v) is 5.09. The first-order valence-electron chi connectivity index (χ1n) is 4.71. The van der Waals surface area contributed by atoms with Crippen molar-refractivity contribution in [1.29, 1.82) is 0 Å². The van der Waals surface area contributed by atoms with Crippen LogP contribution >= 0.6 is 11.6 Å². The molecule has 1 aromatic rings. The molecule has 0 amide bonds. The van der Waals surface area contributed by atoms with Gasteiger partial charge in [-0.15, -0.1) is 0 Å². The molecule has 1 N–H and O–H groups in total. The van der Waals surface area contributed by atoms with Crippen molar-refractivity contribution in [1.82, 2.24) is 0 Å². The lowest BCUT2D eigenvalue weighted by Crippen LogP contribution is -2.13. The molecule has 0 aliphatic heterocycles. The van der Waals surface area contributed by atoms with Gasteiger partial charge in [0.2, 0.25) is 0 Å². The van der Waals surface area contributed by atoms with Crippen molar-refractivity contribution < 1.29 is 19.4 Å². The van der Waals surface area contributed by atoms with Gasteiger partial charge in [-0.1, -0.05) is 11.6 Å². The van der Waals surface area contributed by atoms with Crippen LogP contribution in [0.4, 0.5) is 0 Å². The van der Waals surface area contributed by atoms with Gasteiger partial charge < -0.3 is 14.6 Å². The van der Waals surface area contributed by atoms with E-state index >= 15 is 0 Å². The molecule has 0 unspecified atom stereocenters. The van der Waals surface area contributed by atoms with E-state index in [2.05, 4.69) is 4.74 Å². The van der Waals surface area contributed by atoms with Gasteiger partial charge in [-0.05, 0) is 25.1 Å². The second-order valence-corrected chi connectivity index (χ2v) is 3.66. The highest BCUT2D eigenvalue weighted by atomic mass is 35.5. The lowest BCUT2D eigenvalue weighted by atomic mass is 10.1. The molecule has 5 heteroatoms. The molecule has 4 nitrogen and oxygen atoms in total. The van der Waals surface area contributed by atoms with Crippen LogP contribution < -0.4 is 4.74 Å². The second-order valence-electron chi connectivity index (χ2n) is 3.22. The van der Waals surface area contributed by atoms with Crippen molar-refractivity contribution >= 4 is 17.6 Å². The van der Waals surface area contributed by atoms with E-state index in [4.69, 9.17) is 16.3 Å². The fraction of sp³-hybridized carbons (Fsp3) is 0.364. The number of methoxy groups -OCH3 is 1. The maximum atomic E-state index is 10.9. The molecule has 0 fully saturated rings. The molecule has 0 saturated carbocycles. The molecule has 0 spiro atoms. The van der Waals surface area contributed by atoms with E-state index in [9.17, 15) is 9.90 Å². The van der Waals surface area contributed by atoms with E-state index in [0.717, 1.165) is 0 Å². The lowest BCUT2D eigenvalue weighted by molar-refractivity contribution is -0.142. The highest BCUT2D eigenvalue weighted by Crippen LogP contribution is 2.28. The van der Waals surface area contributed by atoms with Crippen molar-refractivity contribution in [3.05, 3.63) is 28.8 Å². The quantitative estimate of drug-likeness (QED) is 0.823. The zero-order valence-electron chi connectivity index (χ0n) is 9.07. The number of halogens is 1. The third-order valence-corrected chi connectivity index (χ3v) is 2.23. The Morgan fingerprint density at radius 3 is 2.81 bits per heavy atom. The normalized spacial score (nSPS) is 12.0. The average molecular weight is 245 g/mol. The zero-order chi connectivity index (χ0) is 12.1. The Morgan fingerprint density at radius 1 is 1.56 bits per heavy atom. The standard InChI is InChI=1S/C11H13ClO4/c1-7(13)9-5-8(12)3-4-10(9)16-6-11(14)15-2/h3-5,7,13H,6H2,1-2H3/t7-/m1/s1. The summed E-state index contributed by atoms with van der Waals surface area (Å²) in [6.07, 6.45) is -0.716. The number of carbonyl (C=O) groups excluding carboxylic acids is 1. The number of rotatable bonds is 4. The molecule has 16 heavy (non-hydrogen) atoms. The molecule has 0 aromatic heterocycles. The Kier molecular flexibility index (Phi) is 4.58. The maximum Gasteiger partial charge on any atom is 0.343 e. The molecule has 0 heterocycles. The number of aliphatic hydroxyl groups is 1. The third-order valence-electron chi connectivity index (χ3n) is 2.00. The number of hydrogen-bond acceptors (Lipinski definition) is 4. The van der Waals surface area contributed by atoms with Crippen molar-refractivity contribution in [2.75, 3.05) is 13.7 Å². The topological polar surface area (TPSA) is 55.8 Å². The van der Waals surface area contributed by atoms with Crippen LogP contribution in [0.2, 0.25) is 5.02 Å². The molecule has 0 aliphatic rings. The maximum absolute atomic E-state index is 10.9. The summed E-state index contributed by atoms with van der Waals surface area (Å²) in [4.78, 5) is 10.9. The summed E-state index contributed by atoms with van der Waals surface area (Å²) < 4.78 is 9.66. The Morgan fingerprint density at radius 2 is 2.25 bits per heavy atom. The molecule has 0 aliphatic carbocycles. The lowest BCUT2D eigenvalue weighted by Gasteiger charge is -2.12. The van der Waals surface area contributed by atoms with Crippen LogP contribution in [0.25, 0.3) is 0 Å². The van der Waals surface area contributed by atoms with Gasteiger partial charge in [0.15, 0.2) is 6.61 Å². The summed E-state index contributed by atoms with van der Waals surface area (Å²) in [5, 5.41) is 10.00. The van der Waals surface area contributed by atoms with E-state index in [1.165, 1.54) is 7.11 Å². The predicted molar refractivity (Wildman–Crippen MR) is 59.6 cm³/mol. The van der Waals surface area contributed by atoms with E-state index in [1.54, 1.807) is 25.1 Å². The molecule has 0 radical (unpaired) electrons. The summed E-state index contributed by atoms with van der Waals surface area (Å²) in [5.74, 6) is -0.0590. The minimum absolute atomic E-state index is 0.197. The fourth-order valence-corrected chi connectivity index (χ4v) is 1.35. The predicted octanol–water partition coefficient (Wildman–Crippen LogP) is 1.95. The highest BCUT2D eigenvalue weighted by molar-refractivity contribution is 6.30. The fourth-order valence-electron chi connectivity index (χ4n) is 1.17. The number of ether oxygens (including phenoxy) is 2. The monoisotopic (exact) mass is 244 g/mol. The number of aliphatic hydroxyl groups excluding tert-OH is 1. The summed E-state index contributed by atoms with van der Waals surface area (Å²) >= 11 is 5.79. The Bertz CT molecular complexity index is 376. The van der Waals surface area contributed by atoms with E-state index in [-0.39, 0.29) is 6.61 Å². The van der Waals surface area contributed by atoms with E-state index < -0.39 is 12.1 Å². The van der Waals surface area contributed by atoms with Gasteiger partial charge in [-0.3, -0.25) is 0 Å². The molecular formula is C11H13ClO4. The summed E-state index contributed by atoms with van der Waals surface area (Å²) in [5.41, 5.74) is 0.538. The molecule has 1 atom stereocenters. The summed E-state index contributed by atoms with van der Waals surface area (Å²) in [7, 11) is 1.28. The molecule has 1 aromatic carbocycles. The van der Waals surface area contributed by atoms with Crippen LogP contribution in [0.5, 0.6) is 5.75 Å². The van der Waals surface area contributed by atoms with Crippen LogP contribution in [0, 0.1) is 0 Å². The van der Waals surface area contributed by atoms with Crippen molar-refractivity contribution in [2.24, 2.45) is 0 Å². The number of benzene rings is 1. The number of esters is 1. The van der Waals surface area contributed by atoms with Crippen LogP contribution in [-0.4, -0.2) is 24.8 Å². The largest absolute Gasteiger partial charge is 0.482 e. The molecule has 0 saturated heterocycles. The van der Waals surface area contributed by atoms with Crippen LogP contribution in [-0.2, 0) is 9.53 Å². The minimum Gasteiger partial charge on any atom is -0.482 e. The van der Waals surface area contributed by atoms with Gasteiger partial charge in [0.1, 0.15) is 5.75 Å². The van der Waals surface area contributed by atoms with E-state index in [0.29, 0.717) is 16.3 Å². The molecule has 1 rings (SSSR count). The van der Waals surface area contributed by atoms with Gasteiger partial charge in [0.05, 0.1) is 13.2 Å². The van der Waals surface area contributed by atoms with Gasteiger partial charge >= 0.3 is 5.97 Å². The molecule has 88 valence electrons. The zero-order valence-corrected chi connectivity index (χ0v) is 9.82. The third kappa shape index (κ3) is 3.40. The number of carbonyl (C=O) groups is 1. The Balaban J connectivity index is 2.82. The van der Waals surface area contributed by atoms with Gasteiger partial charge in [0.25, 0.3) is 0 Å². The first-order chi connectivity index (χ1) is 7.54. The van der Waals surface area contributed by atoms with Gasteiger partial charge in [-0.2, -0.15) is 0 Å². The minimum atomic E-state index is -0.716. The Hall–Kier alpha value is -1.26. The van der Waals surface area contributed by atoms with Crippen molar-refractivity contribution in [3.8, 4) is 5.75 Å². The highest BCUT2D eigenvalue weighted by Gasteiger charge is 2.11. The molecule has 0 bridgehead atoms. The van der Waals surface area contributed by atoms with Crippen LogP contribution in [0.15, 0.2) is 18.2 Å². The smallest absolute Gasteiger partial charge is 0.343 e. The van der Waals surface area contributed by atoms with Gasteiger partial charge in [0, 0.05) is 10.6 Å². The average Bonchev–Trinajstić information content (AvgIpc) is 2.26. The number of hydrogen-bond donors (Lipinski definition) is 1. The summed E-state index contributed by atoms with van der Waals surface area (Å²) in [6.45, 7) is 1.40. The van der Waals surface area contributed by atoms with Crippen molar-refractivity contribution in [3.63, 3.8) is 0 Å². The van der Waals surface area contributed by atoms with Crippen LogP contribution in [0.1, 0.15) is 18.6 Å². The first kappa shape index (κ1) is 12.8. The van der Waals surface area contributed by atoms with E-state index in [1.807, 2.05) is 0 Å². The Labute approximate surface area is 98.7 Å². The van der Waals surface area contributed by atoms with Crippen molar-refractivity contribution in [2.45, 2.75) is 13.0 Å². The SMILES string of the molecule is COC(=O)COc1ccc(Cl)cc1[C@@H](C)O. The summed E-state index contributed by atoms with van der Waals surface area (Å²) in [6, 6.07) is 4.83. The van der Waals surface area contributed by atoms with Crippen LogP contribution in [0.3, 0.4) is 0 Å². The van der Waals surface area contributed by atoms with Gasteiger partial charge in [-0.25, -0.2) is 4.79 Å².